The van der Waals surface area contributed by atoms with E-state index in [0.717, 1.165) is 16.3 Å². The highest BCUT2D eigenvalue weighted by atomic mass is 32.1. The summed E-state index contributed by atoms with van der Waals surface area (Å²) in [5.41, 5.74) is 1.66. The molecular weight excluding hydrogens is 276 g/mol. The smallest absolute Gasteiger partial charge is 0.299 e. The Morgan fingerprint density at radius 1 is 1.35 bits per heavy atom. The zero-order valence-electron chi connectivity index (χ0n) is 11.0. The average molecular weight is 288 g/mol. The molecule has 0 saturated heterocycles. The molecule has 0 bridgehead atoms. The van der Waals surface area contributed by atoms with Gasteiger partial charge in [0.25, 0.3) is 5.19 Å². The highest BCUT2D eigenvalue weighted by molar-refractivity contribution is 7.18. The van der Waals surface area contributed by atoms with Gasteiger partial charge < -0.3 is 10.1 Å². The Morgan fingerprint density at radius 3 is 2.75 bits per heavy atom. The highest BCUT2D eigenvalue weighted by Gasteiger charge is 2.08. The maximum atomic E-state index is 10.9. The monoisotopic (exact) mass is 288 g/mol. The van der Waals surface area contributed by atoms with Gasteiger partial charge in [0.15, 0.2) is 0 Å². The van der Waals surface area contributed by atoms with Crippen molar-refractivity contribution in [3.8, 4) is 10.9 Å². The first-order valence-corrected chi connectivity index (χ1v) is 6.80. The number of carbonyl (C=O) groups is 1. The van der Waals surface area contributed by atoms with E-state index in [-0.39, 0.29) is 5.91 Å². The Balaban J connectivity index is 1.76. The van der Waals surface area contributed by atoms with Crippen molar-refractivity contribution in [2.45, 2.75) is 13.8 Å². The number of imidazole rings is 1. The molecule has 0 aliphatic carbocycles. The highest BCUT2D eigenvalue weighted by Crippen LogP contribution is 2.27. The fraction of sp³-hybridized carbons (Fsp3) is 0.154. The standard InChI is InChI=1S/C13H12N4O2S/c1-8-7-17-12(14-8)20-13(16-17)19-11-5-3-10(4-6-11)15-9(2)18/h3-7H,1-2H3,(H,15,18). The van der Waals surface area contributed by atoms with E-state index in [1.807, 2.05) is 13.1 Å². The molecule has 0 saturated carbocycles. The Bertz CT molecular complexity index is 729. The minimum absolute atomic E-state index is 0.102. The maximum Gasteiger partial charge on any atom is 0.299 e. The number of fused-ring (bicyclic) bond motifs is 1. The number of aromatic nitrogens is 3. The van der Waals surface area contributed by atoms with Crippen LogP contribution in [0.25, 0.3) is 4.96 Å². The van der Waals surface area contributed by atoms with Gasteiger partial charge in [0.2, 0.25) is 10.9 Å². The SMILES string of the molecule is CC(=O)Nc1ccc(Oc2nn3cc(C)nc3s2)cc1. The third kappa shape index (κ3) is 2.62. The molecule has 0 aliphatic heterocycles. The molecule has 6 nitrogen and oxygen atoms in total. The second-order valence-electron chi connectivity index (χ2n) is 4.29. The van der Waals surface area contributed by atoms with Crippen molar-refractivity contribution in [2.75, 3.05) is 5.32 Å². The number of benzene rings is 1. The summed E-state index contributed by atoms with van der Waals surface area (Å²) in [7, 11) is 0. The van der Waals surface area contributed by atoms with E-state index in [1.165, 1.54) is 18.3 Å². The largest absolute Gasteiger partial charge is 0.430 e. The van der Waals surface area contributed by atoms with Gasteiger partial charge in [-0.1, -0.05) is 0 Å². The summed E-state index contributed by atoms with van der Waals surface area (Å²) in [6, 6.07) is 7.11. The number of ether oxygens (including phenoxy) is 1. The number of anilines is 1. The van der Waals surface area contributed by atoms with Gasteiger partial charge >= 0.3 is 0 Å². The predicted molar refractivity (Wildman–Crippen MR) is 76.4 cm³/mol. The number of nitrogens with one attached hydrogen (secondary N) is 1. The van der Waals surface area contributed by atoms with Crippen molar-refractivity contribution >= 4 is 27.9 Å². The van der Waals surface area contributed by atoms with E-state index in [0.29, 0.717) is 10.9 Å². The lowest BCUT2D eigenvalue weighted by molar-refractivity contribution is -0.114. The van der Waals surface area contributed by atoms with Crippen molar-refractivity contribution in [3.05, 3.63) is 36.2 Å². The molecule has 102 valence electrons. The fourth-order valence-corrected chi connectivity index (χ4v) is 2.54. The molecular formula is C13H12N4O2S. The first-order chi connectivity index (χ1) is 9.60. The Morgan fingerprint density at radius 2 is 2.10 bits per heavy atom. The summed E-state index contributed by atoms with van der Waals surface area (Å²) < 4.78 is 7.35. The molecule has 0 atom stereocenters. The van der Waals surface area contributed by atoms with E-state index in [9.17, 15) is 4.79 Å². The second-order valence-corrected chi connectivity index (χ2v) is 5.20. The molecule has 1 N–H and O–H groups in total. The Labute approximate surface area is 119 Å². The lowest BCUT2D eigenvalue weighted by Crippen LogP contribution is -2.05. The lowest BCUT2D eigenvalue weighted by atomic mass is 10.3. The van der Waals surface area contributed by atoms with Crippen LogP contribution in [0, 0.1) is 6.92 Å². The summed E-state index contributed by atoms with van der Waals surface area (Å²) in [5, 5.41) is 7.51. The summed E-state index contributed by atoms with van der Waals surface area (Å²) >= 11 is 1.38. The summed E-state index contributed by atoms with van der Waals surface area (Å²) in [5.74, 6) is 0.558. The van der Waals surface area contributed by atoms with Gasteiger partial charge in [-0.05, 0) is 42.5 Å². The van der Waals surface area contributed by atoms with Crippen molar-refractivity contribution < 1.29 is 9.53 Å². The zero-order valence-corrected chi connectivity index (χ0v) is 11.8. The zero-order chi connectivity index (χ0) is 14.1. The molecule has 2 heterocycles. The summed E-state index contributed by atoms with van der Waals surface area (Å²) in [6.07, 6.45) is 1.85. The first-order valence-electron chi connectivity index (χ1n) is 5.98. The average Bonchev–Trinajstić information content (AvgIpc) is 2.87. The van der Waals surface area contributed by atoms with E-state index in [1.54, 1.807) is 28.8 Å². The van der Waals surface area contributed by atoms with Gasteiger partial charge in [0.05, 0.1) is 11.9 Å². The number of hydrogen-bond donors (Lipinski definition) is 1. The van der Waals surface area contributed by atoms with Crippen molar-refractivity contribution in [1.29, 1.82) is 0 Å². The van der Waals surface area contributed by atoms with Gasteiger partial charge in [0.1, 0.15) is 5.75 Å². The van der Waals surface area contributed by atoms with Crippen LogP contribution in [-0.4, -0.2) is 20.5 Å². The van der Waals surface area contributed by atoms with Crippen LogP contribution in [0.2, 0.25) is 0 Å². The minimum Gasteiger partial charge on any atom is -0.430 e. The molecule has 0 aliphatic rings. The van der Waals surface area contributed by atoms with Gasteiger partial charge in [-0.15, -0.1) is 5.10 Å². The number of rotatable bonds is 3. The topological polar surface area (TPSA) is 68.5 Å². The van der Waals surface area contributed by atoms with Gasteiger partial charge in [-0.3, -0.25) is 4.79 Å². The van der Waals surface area contributed by atoms with E-state index < -0.39 is 0 Å². The normalized spacial score (nSPS) is 10.7. The molecule has 1 amide bonds. The van der Waals surface area contributed by atoms with Crippen molar-refractivity contribution in [1.82, 2.24) is 14.6 Å². The van der Waals surface area contributed by atoms with Crippen LogP contribution in [0.5, 0.6) is 10.9 Å². The number of nitrogens with zero attached hydrogens (tertiary/aromatic N) is 3. The number of amides is 1. The number of hydrogen-bond acceptors (Lipinski definition) is 5. The molecule has 1 aromatic carbocycles. The van der Waals surface area contributed by atoms with Crippen LogP contribution in [0.1, 0.15) is 12.6 Å². The maximum absolute atomic E-state index is 10.9. The number of carbonyl (C=O) groups excluding carboxylic acids is 1. The Kier molecular flexibility index (Phi) is 3.11. The van der Waals surface area contributed by atoms with Crippen LogP contribution in [0.3, 0.4) is 0 Å². The van der Waals surface area contributed by atoms with Gasteiger partial charge in [0, 0.05) is 12.6 Å². The first kappa shape index (κ1) is 12.6. The van der Waals surface area contributed by atoms with E-state index >= 15 is 0 Å². The lowest BCUT2D eigenvalue weighted by Gasteiger charge is -2.04. The third-order valence-corrected chi connectivity index (χ3v) is 3.33. The molecule has 2 aromatic heterocycles. The summed E-state index contributed by atoms with van der Waals surface area (Å²) in [6.45, 7) is 3.39. The fourth-order valence-electron chi connectivity index (χ4n) is 1.74. The van der Waals surface area contributed by atoms with Crippen molar-refractivity contribution in [2.24, 2.45) is 0 Å². The second kappa shape index (κ2) is 4.93. The molecule has 3 aromatic rings. The Hall–Kier alpha value is -2.41. The van der Waals surface area contributed by atoms with Gasteiger partial charge in [-0.25, -0.2) is 9.50 Å². The minimum atomic E-state index is -0.102. The molecule has 7 heteroatoms. The third-order valence-electron chi connectivity index (χ3n) is 2.52. The molecule has 3 rings (SSSR count). The van der Waals surface area contributed by atoms with Gasteiger partial charge in [-0.2, -0.15) is 0 Å². The summed E-state index contributed by atoms with van der Waals surface area (Å²) in [4.78, 5) is 16.0. The molecule has 0 fully saturated rings. The molecule has 0 unspecified atom stereocenters. The van der Waals surface area contributed by atoms with Crippen LogP contribution >= 0.6 is 11.3 Å². The predicted octanol–water partition coefficient (Wildman–Crippen LogP) is 2.85. The van der Waals surface area contributed by atoms with Crippen LogP contribution in [-0.2, 0) is 4.79 Å². The van der Waals surface area contributed by atoms with E-state index in [4.69, 9.17) is 4.74 Å². The quantitative estimate of drug-likeness (QED) is 0.804. The van der Waals surface area contributed by atoms with Crippen LogP contribution in [0.4, 0.5) is 5.69 Å². The van der Waals surface area contributed by atoms with Crippen LogP contribution < -0.4 is 10.1 Å². The van der Waals surface area contributed by atoms with E-state index in [2.05, 4.69) is 15.4 Å². The molecule has 20 heavy (non-hydrogen) atoms. The van der Waals surface area contributed by atoms with Crippen LogP contribution in [0.15, 0.2) is 30.5 Å². The number of aryl methyl sites for hydroxylation is 1. The molecule has 0 spiro atoms. The molecule has 0 radical (unpaired) electrons. The van der Waals surface area contributed by atoms with Crippen molar-refractivity contribution in [3.63, 3.8) is 0 Å².